The van der Waals surface area contributed by atoms with Crippen LogP contribution in [-0.4, -0.2) is 36.4 Å². The standard InChI is InChI=1S/C27H36F2N2O6/c1-15(2)9-18(14-30)11-24(33)37-27(28,29)7-8-31-26(34)36-19-12-22(32)25-21-10-16(3)5-6-20(21)17(4)35-23(25)13-19/h10,12-13,15,18,20-21,32H,4-9,11,14,30H2,1-3H3,(H,31,34)/t18-,20-,21+/m0/s1. The summed E-state index contributed by atoms with van der Waals surface area (Å²) in [6, 6.07) is 2.74. The minimum Gasteiger partial charge on any atom is -0.507 e. The summed E-state index contributed by atoms with van der Waals surface area (Å²) in [6.45, 7) is 9.61. The number of benzene rings is 1. The van der Waals surface area contributed by atoms with Gasteiger partial charge in [0.25, 0.3) is 0 Å². The number of carbonyl (C=O) groups is 2. The number of nitrogens with two attached hydrogens (primary N) is 1. The first-order valence-corrected chi connectivity index (χ1v) is 12.5. The number of allylic oxidation sites excluding steroid dienone is 3. The summed E-state index contributed by atoms with van der Waals surface area (Å²) >= 11 is 0. The van der Waals surface area contributed by atoms with Gasteiger partial charge in [-0.25, -0.2) is 4.79 Å². The number of hydrogen-bond acceptors (Lipinski definition) is 7. The maximum atomic E-state index is 14.1. The van der Waals surface area contributed by atoms with Crippen LogP contribution in [0.5, 0.6) is 17.2 Å². The van der Waals surface area contributed by atoms with Gasteiger partial charge in [-0.3, -0.25) is 4.79 Å². The van der Waals surface area contributed by atoms with Crippen LogP contribution in [0.1, 0.15) is 64.4 Å². The van der Waals surface area contributed by atoms with E-state index in [1.165, 1.54) is 17.7 Å². The summed E-state index contributed by atoms with van der Waals surface area (Å²) in [7, 11) is 0. The number of halogens is 2. The van der Waals surface area contributed by atoms with E-state index >= 15 is 0 Å². The van der Waals surface area contributed by atoms with Crippen molar-refractivity contribution in [3.05, 3.63) is 41.7 Å². The molecule has 1 aliphatic carbocycles. The number of phenolic OH excluding ortho intramolecular Hbond substituents is 1. The molecule has 3 atom stereocenters. The molecule has 1 aliphatic heterocycles. The molecule has 0 bridgehead atoms. The Balaban J connectivity index is 1.53. The Hall–Kier alpha value is -3.14. The largest absolute Gasteiger partial charge is 0.507 e. The van der Waals surface area contributed by atoms with Crippen LogP contribution in [0.15, 0.2) is 36.1 Å². The number of ether oxygens (including phenoxy) is 3. The van der Waals surface area contributed by atoms with Crippen molar-refractivity contribution in [3.8, 4) is 17.2 Å². The zero-order valence-electron chi connectivity index (χ0n) is 21.5. The summed E-state index contributed by atoms with van der Waals surface area (Å²) in [6.07, 6.45) is -1.42. The number of hydrogen-bond donors (Lipinski definition) is 3. The zero-order valence-corrected chi connectivity index (χ0v) is 21.5. The molecule has 0 saturated heterocycles. The highest BCUT2D eigenvalue weighted by atomic mass is 19.3. The Kier molecular flexibility index (Phi) is 9.17. The number of carbonyl (C=O) groups excluding carboxylic acids is 2. The molecule has 10 heteroatoms. The van der Waals surface area contributed by atoms with Gasteiger partial charge in [-0.1, -0.05) is 32.1 Å². The second kappa shape index (κ2) is 11.9. The molecule has 0 radical (unpaired) electrons. The number of alkyl halides is 2. The predicted octanol–water partition coefficient (Wildman–Crippen LogP) is 5.36. The van der Waals surface area contributed by atoms with Gasteiger partial charge in [0.15, 0.2) is 0 Å². The first kappa shape index (κ1) is 28.4. The van der Waals surface area contributed by atoms with Crippen LogP contribution in [0.25, 0.3) is 0 Å². The molecule has 0 saturated carbocycles. The lowest BCUT2D eigenvalue weighted by atomic mass is 9.74. The SMILES string of the molecule is C=C1Oc2cc(OC(=O)NCCC(F)(F)OC(=O)C[C@@H](CN)CC(C)C)cc(O)c2[C@@H]2C=C(C)CC[C@@H]12. The fraction of sp³-hybridized carbons (Fsp3) is 0.556. The molecule has 37 heavy (non-hydrogen) atoms. The molecular weight excluding hydrogens is 486 g/mol. The highest BCUT2D eigenvalue weighted by Gasteiger charge is 2.37. The molecule has 0 fully saturated rings. The summed E-state index contributed by atoms with van der Waals surface area (Å²) in [5.74, 6) is -0.284. The summed E-state index contributed by atoms with van der Waals surface area (Å²) in [5, 5.41) is 12.8. The maximum Gasteiger partial charge on any atom is 0.412 e. The molecule has 1 aromatic rings. The molecule has 0 spiro atoms. The van der Waals surface area contributed by atoms with Crippen LogP contribution in [-0.2, 0) is 9.53 Å². The van der Waals surface area contributed by atoms with E-state index in [0.717, 1.165) is 12.8 Å². The molecular formula is C27H36F2N2O6. The minimum absolute atomic E-state index is 0.0207. The highest BCUT2D eigenvalue weighted by molar-refractivity contribution is 5.71. The number of aromatic hydroxyl groups is 1. The second-order valence-electron chi connectivity index (χ2n) is 10.2. The average molecular weight is 523 g/mol. The van der Waals surface area contributed by atoms with Crippen LogP contribution in [0.2, 0.25) is 0 Å². The smallest absolute Gasteiger partial charge is 0.412 e. The molecule has 0 aromatic heterocycles. The van der Waals surface area contributed by atoms with Gasteiger partial charge in [-0.2, -0.15) is 8.78 Å². The predicted molar refractivity (Wildman–Crippen MR) is 133 cm³/mol. The molecule has 1 amide bonds. The summed E-state index contributed by atoms with van der Waals surface area (Å²) in [4.78, 5) is 24.1. The van der Waals surface area contributed by atoms with E-state index in [1.54, 1.807) is 0 Å². The summed E-state index contributed by atoms with van der Waals surface area (Å²) in [5.41, 5.74) is 7.41. The molecule has 1 heterocycles. The van der Waals surface area contributed by atoms with Crippen LogP contribution < -0.4 is 20.5 Å². The minimum atomic E-state index is -3.76. The molecule has 0 unspecified atom stereocenters. The van der Waals surface area contributed by atoms with Gasteiger partial charge >= 0.3 is 18.2 Å². The van der Waals surface area contributed by atoms with E-state index in [9.17, 15) is 23.5 Å². The van der Waals surface area contributed by atoms with Crippen molar-refractivity contribution in [1.82, 2.24) is 5.32 Å². The van der Waals surface area contributed by atoms with E-state index in [-0.39, 0.29) is 48.1 Å². The molecule has 2 aliphatic rings. The van der Waals surface area contributed by atoms with Crippen molar-refractivity contribution in [1.29, 1.82) is 0 Å². The van der Waals surface area contributed by atoms with Crippen molar-refractivity contribution in [2.24, 2.45) is 23.5 Å². The van der Waals surface area contributed by atoms with E-state index < -0.39 is 31.1 Å². The van der Waals surface area contributed by atoms with Crippen LogP contribution in [0.4, 0.5) is 13.6 Å². The third-order valence-electron chi connectivity index (χ3n) is 6.58. The van der Waals surface area contributed by atoms with Gasteiger partial charge in [0.2, 0.25) is 0 Å². The number of esters is 1. The average Bonchev–Trinajstić information content (AvgIpc) is 2.77. The van der Waals surface area contributed by atoms with Crippen molar-refractivity contribution in [2.75, 3.05) is 13.1 Å². The zero-order chi connectivity index (χ0) is 27.3. The Morgan fingerprint density at radius 3 is 2.76 bits per heavy atom. The quantitative estimate of drug-likeness (QED) is 0.279. The highest BCUT2D eigenvalue weighted by Crippen LogP contribution is 2.51. The van der Waals surface area contributed by atoms with Crippen LogP contribution in [0.3, 0.4) is 0 Å². The van der Waals surface area contributed by atoms with Crippen molar-refractivity contribution >= 4 is 12.1 Å². The molecule has 3 rings (SSSR count). The first-order valence-electron chi connectivity index (χ1n) is 12.5. The van der Waals surface area contributed by atoms with Crippen LogP contribution in [0, 0.1) is 17.8 Å². The maximum absolute atomic E-state index is 14.1. The van der Waals surface area contributed by atoms with E-state index in [1.807, 2.05) is 20.8 Å². The number of amides is 1. The monoisotopic (exact) mass is 522 g/mol. The van der Waals surface area contributed by atoms with Crippen LogP contribution >= 0.6 is 0 Å². The normalized spacial score (nSPS) is 19.8. The number of rotatable bonds is 10. The van der Waals surface area contributed by atoms with Crippen molar-refractivity contribution in [2.45, 2.75) is 64.9 Å². The first-order chi connectivity index (χ1) is 17.4. The Morgan fingerprint density at radius 2 is 2.08 bits per heavy atom. The van der Waals surface area contributed by atoms with Gasteiger partial charge < -0.3 is 30.4 Å². The fourth-order valence-corrected chi connectivity index (χ4v) is 4.87. The topological polar surface area (TPSA) is 120 Å². The van der Waals surface area contributed by atoms with Gasteiger partial charge in [0, 0.05) is 42.5 Å². The number of phenols is 1. The molecule has 204 valence electrons. The number of fused-ring (bicyclic) bond motifs is 3. The lowest BCUT2D eigenvalue weighted by Crippen LogP contribution is -2.34. The molecule has 1 aromatic carbocycles. The molecule has 4 N–H and O–H groups in total. The second-order valence-corrected chi connectivity index (χ2v) is 10.2. The van der Waals surface area contributed by atoms with E-state index in [2.05, 4.69) is 22.7 Å². The van der Waals surface area contributed by atoms with E-state index in [0.29, 0.717) is 23.5 Å². The fourth-order valence-electron chi connectivity index (χ4n) is 4.87. The van der Waals surface area contributed by atoms with Gasteiger partial charge in [-0.05, 0) is 44.6 Å². The Bertz CT molecular complexity index is 1060. The Morgan fingerprint density at radius 1 is 1.35 bits per heavy atom. The summed E-state index contributed by atoms with van der Waals surface area (Å²) < 4.78 is 43.4. The number of nitrogens with one attached hydrogen (secondary N) is 1. The lowest BCUT2D eigenvalue weighted by Gasteiger charge is -2.36. The van der Waals surface area contributed by atoms with Crippen molar-refractivity contribution in [3.63, 3.8) is 0 Å². The Labute approximate surface area is 215 Å². The van der Waals surface area contributed by atoms with Gasteiger partial charge in [-0.15, -0.1) is 0 Å². The third kappa shape index (κ3) is 7.67. The third-order valence-corrected chi connectivity index (χ3v) is 6.58. The van der Waals surface area contributed by atoms with Crippen molar-refractivity contribution < 1.29 is 37.7 Å². The molecule has 8 nitrogen and oxygen atoms in total. The van der Waals surface area contributed by atoms with Gasteiger partial charge in [0.05, 0.1) is 6.42 Å². The lowest BCUT2D eigenvalue weighted by molar-refractivity contribution is -0.235. The van der Waals surface area contributed by atoms with E-state index in [4.69, 9.17) is 15.2 Å². The van der Waals surface area contributed by atoms with Gasteiger partial charge in [0.1, 0.15) is 23.0 Å².